The number of hydrogen-bond acceptors (Lipinski definition) is 2. The van der Waals surface area contributed by atoms with Gasteiger partial charge >= 0.3 is 0 Å². The van der Waals surface area contributed by atoms with Gasteiger partial charge in [0.2, 0.25) is 0 Å². The fraction of sp³-hybridized carbons (Fsp3) is 0.0833. The van der Waals surface area contributed by atoms with Crippen LogP contribution in [0.25, 0.3) is 11.3 Å². The summed E-state index contributed by atoms with van der Waals surface area (Å²) in [6.45, 7) is 0. The van der Waals surface area contributed by atoms with Gasteiger partial charge in [0.15, 0.2) is 0 Å². The first-order valence-electron chi connectivity index (χ1n) is 4.85. The molecule has 0 fully saturated rings. The standard InChI is InChI=1S/C12H9BrINO2/c1-15-11(5-4-10(14)12(15)17)8-3-2-7(16)6-9(8)13/h2-6,16H,1H3. The molecule has 0 spiro atoms. The predicted octanol–water partition coefficient (Wildman–Crippen LogP) is 3.13. The van der Waals surface area contributed by atoms with E-state index in [9.17, 15) is 9.90 Å². The number of hydrogen-bond donors (Lipinski definition) is 1. The first-order valence-corrected chi connectivity index (χ1v) is 6.72. The van der Waals surface area contributed by atoms with Gasteiger partial charge in [0.05, 0.1) is 9.26 Å². The van der Waals surface area contributed by atoms with Crippen LogP contribution >= 0.6 is 38.5 Å². The van der Waals surface area contributed by atoms with Crippen molar-refractivity contribution in [3.05, 3.63) is 48.7 Å². The lowest BCUT2D eigenvalue weighted by Crippen LogP contribution is -2.20. The van der Waals surface area contributed by atoms with Gasteiger partial charge in [-0.15, -0.1) is 0 Å². The molecule has 3 nitrogen and oxygen atoms in total. The molecule has 5 heteroatoms. The molecule has 88 valence electrons. The number of benzene rings is 1. The summed E-state index contributed by atoms with van der Waals surface area (Å²) in [5, 5.41) is 9.35. The third-order valence-corrected chi connectivity index (χ3v) is 3.96. The Bertz CT molecular complexity index is 637. The molecule has 0 unspecified atom stereocenters. The smallest absolute Gasteiger partial charge is 0.264 e. The monoisotopic (exact) mass is 405 g/mol. The van der Waals surface area contributed by atoms with Crippen molar-refractivity contribution >= 4 is 38.5 Å². The molecule has 0 saturated heterocycles. The molecule has 2 rings (SSSR count). The Labute approximate surface area is 120 Å². The number of rotatable bonds is 1. The van der Waals surface area contributed by atoms with Crippen LogP contribution in [0.5, 0.6) is 5.75 Å². The van der Waals surface area contributed by atoms with E-state index in [2.05, 4.69) is 15.9 Å². The van der Waals surface area contributed by atoms with Crippen LogP contribution in [-0.2, 0) is 7.05 Å². The average molecular weight is 406 g/mol. The molecular weight excluding hydrogens is 397 g/mol. The Morgan fingerprint density at radius 3 is 2.65 bits per heavy atom. The Morgan fingerprint density at radius 2 is 2.00 bits per heavy atom. The van der Waals surface area contributed by atoms with Crippen molar-refractivity contribution in [2.24, 2.45) is 7.05 Å². The number of pyridine rings is 1. The van der Waals surface area contributed by atoms with Gasteiger partial charge in [0.25, 0.3) is 5.56 Å². The number of aromatic hydroxyl groups is 1. The van der Waals surface area contributed by atoms with Crippen molar-refractivity contribution in [1.29, 1.82) is 0 Å². The Kier molecular flexibility index (Phi) is 3.58. The van der Waals surface area contributed by atoms with Gasteiger partial charge in [-0.25, -0.2) is 0 Å². The summed E-state index contributed by atoms with van der Waals surface area (Å²) >= 11 is 5.40. The largest absolute Gasteiger partial charge is 0.508 e. The first-order chi connectivity index (χ1) is 8.00. The van der Waals surface area contributed by atoms with Crippen molar-refractivity contribution in [1.82, 2.24) is 4.57 Å². The highest BCUT2D eigenvalue weighted by molar-refractivity contribution is 14.1. The number of nitrogens with zero attached hydrogens (tertiary/aromatic N) is 1. The fourth-order valence-electron chi connectivity index (χ4n) is 1.59. The highest BCUT2D eigenvalue weighted by Crippen LogP contribution is 2.30. The Morgan fingerprint density at radius 1 is 1.29 bits per heavy atom. The van der Waals surface area contributed by atoms with E-state index in [1.54, 1.807) is 35.9 Å². The minimum absolute atomic E-state index is 0.0249. The zero-order valence-electron chi connectivity index (χ0n) is 8.95. The Balaban J connectivity index is 2.69. The van der Waals surface area contributed by atoms with E-state index in [0.29, 0.717) is 3.57 Å². The normalized spacial score (nSPS) is 10.5. The number of halogens is 2. The topological polar surface area (TPSA) is 42.2 Å². The minimum Gasteiger partial charge on any atom is -0.508 e. The Hall–Kier alpha value is -0.820. The second kappa shape index (κ2) is 4.81. The molecule has 1 N–H and O–H groups in total. The van der Waals surface area contributed by atoms with Gasteiger partial charge in [0, 0.05) is 17.1 Å². The lowest BCUT2D eigenvalue weighted by Gasteiger charge is -2.10. The molecule has 0 aliphatic rings. The van der Waals surface area contributed by atoms with E-state index >= 15 is 0 Å². The van der Waals surface area contributed by atoms with Crippen LogP contribution in [0.3, 0.4) is 0 Å². The van der Waals surface area contributed by atoms with Gasteiger partial charge in [-0.1, -0.05) is 0 Å². The highest BCUT2D eigenvalue weighted by atomic mass is 127. The fourth-order valence-corrected chi connectivity index (χ4v) is 2.70. The summed E-state index contributed by atoms with van der Waals surface area (Å²) < 4.78 is 3.04. The van der Waals surface area contributed by atoms with Gasteiger partial charge in [-0.2, -0.15) is 0 Å². The molecule has 1 aromatic heterocycles. The van der Waals surface area contributed by atoms with Crippen molar-refractivity contribution in [3.63, 3.8) is 0 Å². The van der Waals surface area contributed by atoms with Crippen molar-refractivity contribution in [3.8, 4) is 17.0 Å². The lowest BCUT2D eigenvalue weighted by molar-refractivity contribution is 0.475. The number of phenolic OH excluding ortho intramolecular Hbond substituents is 1. The molecule has 2 aromatic rings. The van der Waals surface area contributed by atoms with E-state index in [-0.39, 0.29) is 11.3 Å². The van der Waals surface area contributed by atoms with Gasteiger partial charge in [-0.05, 0) is 68.9 Å². The van der Waals surface area contributed by atoms with E-state index in [1.165, 1.54) is 0 Å². The third kappa shape index (κ3) is 2.40. The van der Waals surface area contributed by atoms with Crippen LogP contribution in [0, 0.1) is 3.57 Å². The SMILES string of the molecule is Cn1c(-c2ccc(O)cc2Br)ccc(I)c1=O. The quantitative estimate of drug-likeness (QED) is 0.740. The summed E-state index contributed by atoms with van der Waals surface area (Å²) in [6, 6.07) is 8.67. The minimum atomic E-state index is -0.0249. The average Bonchev–Trinajstić information content (AvgIpc) is 2.28. The van der Waals surface area contributed by atoms with Gasteiger partial charge < -0.3 is 9.67 Å². The van der Waals surface area contributed by atoms with Crippen LogP contribution in [0.1, 0.15) is 0 Å². The van der Waals surface area contributed by atoms with Gasteiger partial charge in [0.1, 0.15) is 5.75 Å². The first kappa shape index (κ1) is 12.6. The van der Waals surface area contributed by atoms with Crippen LogP contribution in [0.15, 0.2) is 39.6 Å². The van der Waals surface area contributed by atoms with E-state index in [1.807, 2.05) is 28.7 Å². The molecule has 0 atom stereocenters. The summed E-state index contributed by atoms with van der Waals surface area (Å²) in [7, 11) is 1.74. The molecule has 0 saturated carbocycles. The highest BCUT2D eigenvalue weighted by Gasteiger charge is 2.09. The van der Waals surface area contributed by atoms with E-state index in [4.69, 9.17) is 0 Å². The van der Waals surface area contributed by atoms with Crippen molar-refractivity contribution < 1.29 is 5.11 Å². The van der Waals surface area contributed by atoms with E-state index < -0.39 is 0 Å². The number of phenols is 1. The summed E-state index contributed by atoms with van der Waals surface area (Å²) in [5.41, 5.74) is 1.66. The molecule has 17 heavy (non-hydrogen) atoms. The molecule has 0 aliphatic carbocycles. The maximum Gasteiger partial charge on any atom is 0.264 e. The molecule has 0 aliphatic heterocycles. The molecule has 0 radical (unpaired) electrons. The van der Waals surface area contributed by atoms with Crippen molar-refractivity contribution in [2.45, 2.75) is 0 Å². The van der Waals surface area contributed by atoms with Crippen LogP contribution in [0.2, 0.25) is 0 Å². The second-order valence-corrected chi connectivity index (χ2v) is 5.61. The zero-order valence-corrected chi connectivity index (χ0v) is 12.7. The lowest BCUT2D eigenvalue weighted by atomic mass is 10.1. The van der Waals surface area contributed by atoms with Crippen LogP contribution in [0.4, 0.5) is 0 Å². The second-order valence-electron chi connectivity index (χ2n) is 3.59. The number of aromatic nitrogens is 1. The summed E-state index contributed by atoms with van der Waals surface area (Å²) in [5.74, 6) is 0.191. The van der Waals surface area contributed by atoms with Crippen LogP contribution < -0.4 is 5.56 Å². The molecule has 0 amide bonds. The summed E-state index contributed by atoms with van der Waals surface area (Å²) in [4.78, 5) is 11.8. The van der Waals surface area contributed by atoms with Crippen LogP contribution in [-0.4, -0.2) is 9.67 Å². The third-order valence-electron chi connectivity index (χ3n) is 2.49. The molecular formula is C12H9BrINO2. The zero-order chi connectivity index (χ0) is 12.6. The van der Waals surface area contributed by atoms with E-state index in [0.717, 1.165) is 15.7 Å². The molecule has 1 aromatic carbocycles. The van der Waals surface area contributed by atoms with Gasteiger partial charge in [-0.3, -0.25) is 4.79 Å². The molecule has 1 heterocycles. The summed E-state index contributed by atoms with van der Waals surface area (Å²) in [6.07, 6.45) is 0. The predicted molar refractivity (Wildman–Crippen MR) is 79.2 cm³/mol. The maximum absolute atomic E-state index is 11.8. The van der Waals surface area contributed by atoms with Crippen molar-refractivity contribution in [2.75, 3.05) is 0 Å². The maximum atomic E-state index is 11.8. The molecule has 0 bridgehead atoms.